The van der Waals surface area contributed by atoms with Crippen LogP contribution in [0.2, 0.25) is 0 Å². The molecule has 0 aliphatic heterocycles. The largest absolute Gasteiger partial charge is 0.374 e. The fourth-order valence-electron chi connectivity index (χ4n) is 4.58. The smallest absolute Gasteiger partial charge is 0.170 e. The van der Waals surface area contributed by atoms with E-state index < -0.39 is 0 Å². The van der Waals surface area contributed by atoms with Gasteiger partial charge in [0, 0.05) is 11.0 Å². The van der Waals surface area contributed by atoms with E-state index in [0.29, 0.717) is 12.4 Å². The molecule has 128 valence electrons. The van der Waals surface area contributed by atoms with Crippen LogP contribution < -0.4 is 0 Å². The van der Waals surface area contributed by atoms with Crippen molar-refractivity contribution >= 4 is 5.78 Å². The molecule has 0 radical (unpaired) electrons. The lowest BCUT2D eigenvalue weighted by Crippen LogP contribution is -2.42. The third-order valence-electron chi connectivity index (χ3n) is 5.97. The molecule has 1 saturated carbocycles. The molecule has 2 aromatic rings. The molecule has 0 bridgehead atoms. The van der Waals surface area contributed by atoms with Gasteiger partial charge in [-0.3, -0.25) is 4.79 Å². The van der Waals surface area contributed by atoms with Gasteiger partial charge in [0.1, 0.15) is 0 Å². The molecule has 2 nitrogen and oxygen atoms in total. The Labute approximate surface area is 149 Å². The van der Waals surface area contributed by atoms with E-state index in [-0.39, 0.29) is 17.4 Å². The van der Waals surface area contributed by atoms with Gasteiger partial charge in [0.25, 0.3) is 0 Å². The predicted octanol–water partition coefficient (Wildman–Crippen LogP) is 4.98. The van der Waals surface area contributed by atoms with Crippen LogP contribution in [0.3, 0.4) is 0 Å². The number of carbonyl (C=O) groups is 1. The molecule has 0 aromatic heterocycles. The van der Waals surface area contributed by atoms with Crippen molar-refractivity contribution in [1.82, 2.24) is 0 Å². The summed E-state index contributed by atoms with van der Waals surface area (Å²) in [5.74, 6) is 0.497. The van der Waals surface area contributed by atoms with Gasteiger partial charge in [0.15, 0.2) is 5.78 Å². The first-order valence-corrected chi connectivity index (χ1v) is 9.14. The van der Waals surface area contributed by atoms with E-state index in [2.05, 4.69) is 24.8 Å². The van der Waals surface area contributed by atoms with Gasteiger partial charge in [-0.25, -0.2) is 0 Å². The fraction of sp³-hybridized carbons (Fsp3) is 0.348. The van der Waals surface area contributed by atoms with E-state index in [1.54, 1.807) is 0 Å². The molecule has 25 heavy (non-hydrogen) atoms. The summed E-state index contributed by atoms with van der Waals surface area (Å²) in [5, 5.41) is 0. The van der Waals surface area contributed by atoms with Gasteiger partial charge in [0.2, 0.25) is 0 Å². The zero-order valence-electron chi connectivity index (χ0n) is 14.5. The highest BCUT2D eigenvalue weighted by Crippen LogP contribution is 2.51. The normalized spacial score (nSPS) is 28.1. The number of rotatable bonds is 4. The second-order valence-electron chi connectivity index (χ2n) is 7.35. The minimum atomic E-state index is -0.294. The molecular weight excluding hydrogens is 308 g/mol. The molecule has 0 heterocycles. The van der Waals surface area contributed by atoms with Crippen molar-refractivity contribution < 1.29 is 9.53 Å². The maximum atomic E-state index is 13.1. The Kier molecular flexibility index (Phi) is 4.30. The molecule has 2 aliphatic carbocycles. The maximum absolute atomic E-state index is 13.1. The van der Waals surface area contributed by atoms with Gasteiger partial charge < -0.3 is 4.74 Å². The molecule has 0 unspecified atom stereocenters. The van der Waals surface area contributed by atoms with Crippen molar-refractivity contribution in [1.29, 1.82) is 0 Å². The molecule has 0 saturated heterocycles. The van der Waals surface area contributed by atoms with Gasteiger partial charge in [-0.1, -0.05) is 60.7 Å². The Balaban J connectivity index is 1.48. The van der Waals surface area contributed by atoms with Crippen molar-refractivity contribution in [2.45, 2.75) is 38.4 Å². The summed E-state index contributed by atoms with van der Waals surface area (Å²) in [4.78, 5) is 13.1. The third kappa shape index (κ3) is 2.85. The topological polar surface area (TPSA) is 26.3 Å². The molecule has 2 aromatic carbocycles. The number of ketones is 1. The molecule has 0 amide bonds. The van der Waals surface area contributed by atoms with Gasteiger partial charge in [0.05, 0.1) is 12.7 Å². The number of benzene rings is 2. The molecule has 2 heteroatoms. The average Bonchev–Trinajstić information content (AvgIpc) is 2.95. The number of carbonyl (C=O) groups excluding carboxylic acids is 1. The molecule has 0 N–H and O–H groups in total. The number of ether oxygens (including phenoxy) is 1. The SMILES string of the molecule is C=C[C@@H]1C[C@@H](OCc2ccccc2)CC[C@@]12Cc1ccccc1C2=O. The second-order valence-corrected chi connectivity index (χ2v) is 7.35. The summed E-state index contributed by atoms with van der Waals surface area (Å²) in [6.45, 7) is 4.68. The first-order valence-electron chi connectivity index (χ1n) is 9.14. The molecule has 4 rings (SSSR count). The van der Waals surface area contributed by atoms with Crippen LogP contribution in [0.4, 0.5) is 0 Å². The zero-order chi connectivity index (χ0) is 17.3. The van der Waals surface area contributed by atoms with Crippen molar-refractivity contribution in [3.05, 3.63) is 83.9 Å². The van der Waals surface area contributed by atoms with Crippen LogP contribution in [-0.2, 0) is 17.8 Å². The predicted molar refractivity (Wildman–Crippen MR) is 99.5 cm³/mol. The van der Waals surface area contributed by atoms with Crippen molar-refractivity contribution in [3.8, 4) is 0 Å². The molecule has 1 spiro atoms. The number of hydrogen-bond donors (Lipinski definition) is 0. The highest BCUT2D eigenvalue weighted by molar-refractivity contribution is 6.05. The maximum Gasteiger partial charge on any atom is 0.170 e. The van der Waals surface area contributed by atoms with Crippen molar-refractivity contribution in [3.63, 3.8) is 0 Å². The average molecular weight is 332 g/mol. The highest BCUT2D eigenvalue weighted by atomic mass is 16.5. The van der Waals surface area contributed by atoms with Crippen LogP contribution in [0.15, 0.2) is 67.3 Å². The summed E-state index contributed by atoms with van der Waals surface area (Å²) in [7, 11) is 0. The number of Topliss-reactive ketones (excluding diaryl/α,β-unsaturated/α-hetero) is 1. The van der Waals surface area contributed by atoms with E-state index >= 15 is 0 Å². The Morgan fingerprint density at radius 3 is 2.64 bits per heavy atom. The molecule has 1 fully saturated rings. The highest BCUT2D eigenvalue weighted by Gasteiger charge is 2.52. The summed E-state index contributed by atoms with van der Waals surface area (Å²) < 4.78 is 6.16. The van der Waals surface area contributed by atoms with Crippen LogP contribution in [-0.4, -0.2) is 11.9 Å². The third-order valence-corrected chi connectivity index (χ3v) is 5.97. The summed E-state index contributed by atoms with van der Waals surface area (Å²) in [6.07, 6.45) is 5.75. The number of allylic oxidation sites excluding steroid dienone is 1. The van der Waals surface area contributed by atoms with E-state index in [1.165, 1.54) is 11.1 Å². The fourth-order valence-corrected chi connectivity index (χ4v) is 4.58. The standard InChI is InChI=1S/C23H24O2/c1-2-19-14-20(25-16-17-8-4-3-5-9-17)12-13-23(19)15-18-10-6-7-11-21(18)22(23)24/h2-11,19-20H,1,12-16H2/t19-,20+,23-/m1/s1. The first kappa shape index (κ1) is 16.3. The summed E-state index contributed by atoms with van der Waals surface area (Å²) in [6, 6.07) is 18.3. The molecule has 3 atom stereocenters. The summed E-state index contributed by atoms with van der Waals surface area (Å²) in [5.41, 5.74) is 3.01. The lowest BCUT2D eigenvalue weighted by atomic mass is 9.63. The lowest BCUT2D eigenvalue weighted by Gasteiger charge is -2.41. The van der Waals surface area contributed by atoms with Gasteiger partial charge in [-0.05, 0) is 42.7 Å². The van der Waals surface area contributed by atoms with Crippen LogP contribution in [0.25, 0.3) is 0 Å². The number of hydrogen-bond acceptors (Lipinski definition) is 2. The van der Waals surface area contributed by atoms with Crippen LogP contribution in [0.1, 0.15) is 40.7 Å². The van der Waals surface area contributed by atoms with Crippen molar-refractivity contribution in [2.24, 2.45) is 11.3 Å². The Hall–Kier alpha value is -2.19. The minimum Gasteiger partial charge on any atom is -0.374 e. The molecular formula is C23H24O2. The first-order chi connectivity index (χ1) is 12.2. The van der Waals surface area contributed by atoms with Crippen LogP contribution >= 0.6 is 0 Å². The summed E-state index contributed by atoms with van der Waals surface area (Å²) >= 11 is 0. The van der Waals surface area contributed by atoms with Crippen molar-refractivity contribution in [2.75, 3.05) is 0 Å². The van der Waals surface area contributed by atoms with Gasteiger partial charge in [-0.2, -0.15) is 0 Å². The molecule has 2 aliphatic rings. The lowest BCUT2D eigenvalue weighted by molar-refractivity contribution is -0.0233. The van der Waals surface area contributed by atoms with Gasteiger partial charge >= 0.3 is 0 Å². The number of fused-ring (bicyclic) bond motifs is 1. The minimum absolute atomic E-state index is 0.182. The van der Waals surface area contributed by atoms with E-state index in [9.17, 15) is 4.79 Å². The quantitative estimate of drug-likeness (QED) is 0.738. The Morgan fingerprint density at radius 2 is 1.88 bits per heavy atom. The van der Waals surface area contributed by atoms with E-state index in [1.807, 2.05) is 42.5 Å². The van der Waals surface area contributed by atoms with E-state index in [4.69, 9.17) is 4.74 Å². The Morgan fingerprint density at radius 1 is 1.12 bits per heavy atom. The van der Waals surface area contributed by atoms with Crippen LogP contribution in [0, 0.1) is 11.3 Å². The van der Waals surface area contributed by atoms with E-state index in [0.717, 1.165) is 31.2 Å². The van der Waals surface area contributed by atoms with Gasteiger partial charge in [-0.15, -0.1) is 6.58 Å². The second kappa shape index (κ2) is 6.61. The zero-order valence-corrected chi connectivity index (χ0v) is 14.5. The Bertz CT molecular complexity index is 780. The monoisotopic (exact) mass is 332 g/mol. The van der Waals surface area contributed by atoms with Crippen LogP contribution in [0.5, 0.6) is 0 Å².